The molecule has 3 atom stereocenters. The van der Waals surface area contributed by atoms with Crippen LogP contribution in [0.15, 0.2) is 24.3 Å². The number of carbonyl (C=O) groups is 2. The van der Waals surface area contributed by atoms with Gasteiger partial charge in [0, 0.05) is 24.5 Å². The molecule has 3 aliphatic rings. The van der Waals surface area contributed by atoms with Crippen LogP contribution in [-0.2, 0) is 9.53 Å². The van der Waals surface area contributed by atoms with E-state index in [4.69, 9.17) is 10.5 Å². The number of halogens is 1. The van der Waals surface area contributed by atoms with E-state index in [0.29, 0.717) is 23.5 Å². The lowest BCUT2D eigenvalue weighted by Gasteiger charge is -2.36. The number of piperidine rings is 1. The Bertz CT molecular complexity index is 813. The number of Topliss-reactive ketones (excluding diaryl/α,β-unsaturated/α-hetero) is 1. The molecule has 188 valence electrons. The van der Waals surface area contributed by atoms with E-state index in [-0.39, 0.29) is 29.3 Å². The van der Waals surface area contributed by atoms with Gasteiger partial charge >= 0.3 is 0 Å². The fraction of sp³-hybridized carbons (Fsp3) is 0.714. The smallest absolute Gasteiger partial charge is 0.221 e. The summed E-state index contributed by atoms with van der Waals surface area (Å²) >= 11 is 0. The number of rotatable bonds is 9. The lowest BCUT2D eigenvalue weighted by atomic mass is 9.70. The molecule has 0 spiro atoms. The van der Waals surface area contributed by atoms with Crippen LogP contribution in [-0.4, -0.2) is 49.4 Å². The van der Waals surface area contributed by atoms with E-state index < -0.39 is 0 Å². The highest BCUT2D eigenvalue weighted by Gasteiger charge is 2.40. The number of primary amides is 1. The van der Waals surface area contributed by atoms with Crippen LogP contribution in [0, 0.1) is 35.4 Å². The Morgan fingerprint density at radius 1 is 1.00 bits per heavy atom. The van der Waals surface area contributed by atoms with Gasteiger partial charge in [0.2, 0.25) is 5.91 Å². The van der Waals surface area contributed by atoms with Crippen molar-refractivity contribution in [2.45, 2.75) is 70.3 Å². The summed E-state index contributed by atoms with van der Waals surface area (Å²) in [5.74, 6) is 1.35. The largest absolute Gasteiger partial charge is 0.381 e. The number of methoxy groups -OCH3 is 1. The summed E-state index contributed by atoms with van der Waals surface area (Å²) < 4.78 is 18.7. The molecular weight excluding hydrogens is 431 g/mol. The number of hydrogen-bond donors (Lipinski definition) is 1. The fourth-order valence-corrected chi connectivity index (χ4v) is 6.83. The summed E-state index contributed by atoms with van der Waals surface area (Å²) in [6, 6.07) is 5.94. The van der Waals surface area contributed by atoms with Crippen molar-refractivity contribution < 1.29 is 18.7 Å². The minimum Gasteiger partial charge on any atom is -0.381 e. The van der Waals surface area contributed by atoms with Crippen molar-refractivity contribution in [1.82, 2.24) is 4.90 Å². The molecule has 1 aromatic rings. The number of carbonyl (C=O) groups excluding carboxylic acids is 2. The molecule has 2 saturated carbocycles. The molecule has 1 aliphatic heterocycles. The second-order valence-corrected chi connectivity index (χ2v) is 10.9. The summed E-state index contributed by atoms with van der Waals surface area (Å²) in [4.78, 5) is 27.5. The van der Waals surface area contributed by atoms with Gasteiger partial charge in [0.05, 0.1) is 6.10 Å². The number of hydrogen-bond acceptors (Lipinski definition) is 4. The predicted octanol–water partition coefficient (Wildman–Crippen LogP) is 4.83. The zero-order chi connectivity index (χ0) is 24.1. The van der Waals surface area contributed by atoms with E-state index >= 15 is 0 Å². The Balaban J connectivity index is 1.17. The normalized spacial score (nSPS) is 29.7. The molecular formula is C28H41FN2O3. The molecule has 0 bridgehead atoms. The molecule has 1 amide bonds. The number of ketones is 1. The van der Waals surface area contributed by atoms with Gasteiger partial charge in [-0.1, -0.05) is 12.8 Å². The van der Waals surface area contributed by atoms with Crippen LogP contribution in [0.25, 0.3) is 0 Å². The summed E-state index contributed by atoms with van der Waals surface area (Å²) in [7, 11) is 1.77. The lowest BCUT2D eigenvalue weighted by molar-refractivity contribution is -0.126. The van der Waals surface area contributed by atoms with Crippen LogP contribution in [0.4, 0.5) is 4.39 Å². The van der Waals surface area contributed by atoms with Crippen molar-refractivity contribution >= 4 is 11.7 Å². The van der Waals surface area contributed by atoms with Crippen LogP contribution < -0.4 is 5.73 Å². The Kier molecular flexibility index (Phi) is 8.75. The molecule has 6 heteroatoms. The third kappa shape index (κ3) is 6.25. The fourth-order valence-electron chi connectivity index (χ4n) is 6.83. The van der Waals surface area contributed by atoms with Gasteiger partial charge in [0.25, 0.3) is 0 Å². The van der Waals surface area contributed by atoms with Crippen molar-refractivity contribution in [3.05, 3.63) is 35.6 Å². The van der Waals surface area contributed by atoms with E-state index in [1.165, 1.54) is 31.4 Å². The topological polar surface area (TPSA) is 72.6 Å². The molecule has 5 nitrogen and oxygen atoms in total. The Morgan fingerprint density at radius 3 is 2.24 bits per heavy atom. The molecule has 3 fully saturated rings. The van der Waals surface area contributed by atoms with Crippen molar-refractivity contribution in [3.8, 4) is 0 Å². The number of benzene rings is 1. The maximum absolute atomic E-state index is 13.1. The van der Waals surface area contributed by atoms with Gasteiger partial charge in [-0.3, -0.25) is 9.59 Å². The van der Waals surface area contributed by atoms with Gasteiger partial charge in [-0.05, 0) is 113 Å². The second-order valence-electron chi connectivity index (χ2n) is 10.9. The highest BCUT2D eigenvalue weighted by molar-refractivity contribution is 5.97. The Hall–Kier alpha value is -1.79. The predicted molar refractivity (Wildman–Crippen MR) is 131 cm³/mol. The van der Waals surface area contributed by atoms with Gasteiger partial charge in [0.15, 0.2) is 5.78 Å². The first kappa shape index (κ1) is 25.3. The molecule has 0 aromatic heterocycles. The highest BCUT2D eigenvalue weighted by atomic mass is 19.1. The van der Waals surface area contributed by atoms with Crippen LogP contribution in [0.2, 0.25) is 0 Å². The summed E-state index contributed by atoms with van der Waals surface area (Å²) in [6.07, 6.45) is 10.9. The molecule has 4 rings (SSSR count). The number of amides is 1. The molecule has 1 saturated heterocycles. The zero-order valence-corrected chi connectivity index (χ0v) is 20.6. The Morgan fingerprint density at radius 2 is 1.65 bits per heavy atom. The van der Waals surface area contributed by atoms with Crippen molar-refractivity contribution in [3.63, 3.8) is 0 Å². The molecule has 3 unspecified atom stereocenters. The quantitative estimate of drug-likeness (QED) is 0.522. The summed E-state index contributed by atoms with van der Waals surface area (Å²) in [6.45, 7) is 3.00. The van der Waals surface area contributed by atoms with Crippen LogP contribution in [0.1, 0.15) is 74.6 Å². The van der Waals surface area contributed by atoms with E-state index in [9.17, 15) is 14.0 Å². The summed E-state index contributed by atoms with van der Waals surface area (Å²) in [5, 5.41) is 0. The van der Waals surface area contributed by atoms with Crippen molar-refractivity contribution in [2.24, 2.45) is 35.3 Å². The third-order valence-electron chi connectivity index (χ3n) is 8.93. The van der Waals surface area contributed by atoms with E-state index in [1.807, 2.05) is 0 Å². The monoisotopic (exact) mass is 472 g/mol. The number of nitrogens with two attached hydrogens (primary N) is 1. The first-order valence-electron chi connectivity index (χ1n) is 13.3. The number of likely N-dealkylation sites (tertiary alicyclic amines) is 1. The first-order valence-corrected chi connectivity index (χ1v) is 13.3. The Labute approximate surface area is 203 Å². The molecule has 34 heavy (non-hydrogen) atoms. The molecule has 0 radical (unpaired) electrons. The minimum absolute atomic E-state index is 0.0128. The van der Waals surface area contributed by atoms with E-state index in [0.717, 1.165) is 70.5 Å². The molecule has 2 aliphatic carbocycles. The number of nitrogens with zero attached hydrogens (tertiary/aromatic N) is 1. The molecule has 1 heterocycles. The van der Waals surface area contributed by atoms with E-state index in [1.54, 1.807) is 19.2 Å². The number of ether oxygens (including phenoxy) is 1. The SMILES string of the molecule is COC1CCC(C(C(N)=O)C2CCC(CCN3CCC(C(=O)c4ccc(F)cc4)CC3)CC2)C1. The maximum atomic E-state index is 13.1. The van der Waals surface area contributed by atoms with Crippen molar-refractivity contribution in [1.29, 1.82) is 0 Å². The van der Waals surface area contributed by atoms with Gasteiger partial charge in [-0.25, -0.2) is 4.39 Å². The second kappa shape index (κ2) is 11.8. The van der Waals surface area contributed by atoms with Crippen LogP contribution in [0.3, 0.4) is 0 Å². The summed E-state index contributed by atoms with van der Waals surface area (Å²) in [5.41, 5.74) is 6.50. The van der Waals surface area contributed by atoms with Crippen LogP contribution >= 0.6 is 0 Å². The van der Waals surface area contributed by atoms with Crippen LogP contribution in [0.5, 0.6) is 0 Å². The van der Waals surface area contributed by atoms with Gasteiger partial charge in [-0.2, -0.15) is 0 Å². The standard InChI is InChI=1S/C28H41FN2O3/c1-34-25-11-8-23(18-25)26(28(30)33)20-4-2-19(3-5-20)12-15-31-16-13-22(14-17-31)27(32)21-6-9-24(29)10-7-21/h6-7,9-10,19-20,22-23,25-26H,2-5,8,11-18H2,1H3,(H2,30,33). The lowest BCUT2D eigenvalue weighted by Crippen LogP contribution is -2.39. The zero-order valence-electron chi connectivity index (χ0n) is 20.6. The van der Waals surface area contributed by atoms with Gasteiger partial charge in [-0.15, -0.1) is 0 Å². The maximum Gasteiger partial charge on any atom is 0.221 e. The average Bonchev–Trinajstić information content (AvgIpc) is 3.32. The highest BCUT2D eigenvalue weighted by Crippen LogP contribution is 2.43. The van der Waals surface area contributed by atoms with Crippen molar-refractivity contribution in [2.75, 3.05) is 26.7 Å². The molecule has 2 N–H and O–H groups in total. The third-order valence-corrected chi connectivity index (χ3v) is 8.93. The van der Waals surface area contributed by atoms with E-state index in [2.05, 4.69) is 4.90 Å². The first-order chi connectivity index (χ1) is 16.4. The minimum atomic E-state index is -0.302. The average molecular weight is 473 g/mol. The van der Waals surface area contributed by atoms with Gasteiger partial charge in [0.1, 0.15) is 5.82 Å². The molecule has 1 aromatic carbocycles. The van der Waals surface area contributed by atoms with Gasteiger partial charge < -0.3 is 15.4 Å².